The Kier molecular flexibility index (Phi) is 6.07. The van der Waals surface area contributed by atoms with Crippen LogP contribution < -0.4 is 20.5 Å². The lowest BCUT2D eigenvalue weighted by Gasteiger charge is -2.12. The highest BCUT2D eigenvalue weighted by molar-refractivity contribution is 7.92. The van der Waals surface area contributed by atoms with E-state index in [4.69, 9.17) is 16.3 Å². The fraction of sp³-hybridized carbons (Fsp3) is 0.0500. The average molecular weight is 433 g/mol. The van der Waals surface area contributed by atoms with Gasteiger partial charge in [-0.3, -0.25) is 9.52 Å². The molecule has 29 heavy (non-hydrogen) atoms. The average Bonchev–Trinajstić information content (AvgIpc) is 2.70. The van der Waals surface area contributed by atoms with Crippen LogP contribution >= 0.6 is 11.6 Å². The number of benzene rings is 3. The van der Waals surface area contributed by atoms with Crippen molar-refractivity contribution in [1.29, 1.82) is 0 Å². The zero-order chi connectivity index (χ0) is 21.0. The van der Waals surface area contributed by atoms with E-state index in [-0.39, 0.29) is 16.5 Å². The number of hydrogen-bond donors (Lipinski definition) is 3. The molecule has 3 aromatic rings. The summed E-state index contributed by atoms with van der Waals surface area (Å²) in [7, 11) is -2.42. The molecule has 9 heteroatoms. The van der Waals surface area contributed by atoms with Gasteiger partial charge in [0.1, 0.15) is 11.4 Å². The van der Waals surface area contributed by atoms with Gasteiger partial charge in [0, 0.05) is 28.4 Å². The van der Waals surface area contributed by atoms with Gasteiger partial charge in [-0.05, 0) is 54.6 Å². The lowest BCUT2D eigenvalue weighted by molar-refractivity contribution is -0.254. The zero-order valence-corrected chi connectivity index (χ0v) is 17.0. The molecule has 0 spiro atoms. The number of ether oxygens (including phenoxy) is 1. The highest BCUT2D eigenvalue weighted by Gasteiger charge is 2.18. The molecule has 0 atom stereocenters. The zero-order valence-electron chi connectivity index (χ0n) is 15.5. The monoisotopic (exact) mass is 432 g/mol. The van der Waals surface area contributed by atoms with Crippen LogP contribution in [0.2, 0.25) is 5.02 Å². The first-order valence-corrected chi connectivity index (χ1v) is 10.3. The number of carbonyl (C=O) groups excluding carboxylic acids is 1. The fourth-order valence-corrected chi connectivity index (χ4v) is 3.75. The van der Waals surface area contributed by atoms with Crippen molar-refractivity contribution in [3.05, 3.63) is 77.3 Å². The van der Waals surface area contributed by atoms with E-state index in [0.717, 1.165) is 0 Å². The van der Waals surface area contributed by atoms with Crippen molar-refractivity contribution < 1.29 is 23.7 Å². The van der Waals surface area contributed by atoms with Crippen LogP contribution in [0.25, 0.3) is 0 Å². The SMILES string of the molecule is COc1ccc([NH3+])cc1NS(=O)(=O)c1ccc(C(=O)Nc2ccc(Cl)cc2)cc1. The van der Waals surface area contributed by atoms with Gasteiger partial charge >= 0.3 is 0 Å². The number of methoxy groups -OCH3 is 1. The molecule has 0 aromatic heterocycles. The minimum atomic E-state index is -3.87. The Hall–Kier alpha value is -3.07. The standard InChI is InChI=1S/C20H18ClN3O4S/c1-28-19-11-6-15(22)12-18(19)24-29(26,27)17-9-2-13(3-10-17)20(25)23-16-7-4-14(21)5-8-16/h2-12,24H,22H2,1H3,(H,23,25)/p+1. The first kappa shape index (κ1) is 20.7. The van der Waals surface area contributed by atoms with Gasteiger partial charge in [0.15, 0.2) is 0 Å². The first-order valence-electron chi connectivity index (χ1n) is 8.48. The normalized spacial score (nSPS) is 11.0. The van der Waals surface area contributed by atoms with Gasteiger partial charge in [0.05, 0.1) is 17.7 Å². The number of anilines is 2. The molecule has 0 aliphatic heterocycles. The van der Waals surface area contributed by atoms with E-state index in [9.17, 15) is 13.2 Å². The number of amides is 1. The number of halogens is 1. The Bertz CT molecular complexity index is 1130. The van der Waals surface area contributed by atoms with Crippen molar-refractivity contribution in [3.63, 3.8) is 0 Å². The van der Waals surface area contributed by atoms with Gasteiger partial charge in [-0.1, -0.05) is 11.6 Å². The number of sulfonamides is 1. The Balaban J connectivity index is 1.77. The molecule has 0 bridgehead atoms. The van der Waals surface area contributed by atoms with Gasteiger partial charge in [-0.25, -0.2) is 8.42 Å². The van der Waals surface area contributed by atoms with E-state index in [1.165, 1.54) is 31.4 Å². The number of rotatable bonds is 6. The minimum absolute atomic E-state index is 0.0112. The van der Waals surface area contributed by atoms with E-state index in [1.807, 2.05) is 0 Å². The summed E-state index contributed by atoms with van der Waals surface area (Å²) >= 11 is 5.82. The molecule has 0 aliphatic carbocycles. The second-order valence-electron chi connectivity index (χ2n) is 6.13. The molecule has 150 valence electrons. The summed E-state index contributed by atoms with van der Waals surface area (Å²) in [6.07, 6.45) is 0. The van der Waals surface area contributed by atoms with Gasteiger partial charge in [-0.2, -0.15) is 0 Å². The van der Waals surface area contributed by atoms with Gasteiger partial charge in [-0.15, -0.1) is 0 Å². The Morgan fingerprint density at radius 3 is 2.28 bits per heavy atom. The summed E-state index contributed by atoms with van der Waals surface area (Å²) in [4.78, 5) is 12.4. The summed E-state index contributed by atoms with van der Waals surface area (Å²) in [5, 5.41) is 3.28. The summed E-state index contributed by atoms with van der Waals surface area (Å²) < 4.78 is 33.0. The number of hydrogen-bond acceptors (Lipinski definition) is 4. The van der Waals surface area contributed by atoms with Crippen LogP contribution in [0.4, 0.5) is 17.1 Å². The van der Waals surface area contributed by atoms with Crippen LogP contribution in [0.1, 0.15) is 10.4 Å². The summed E-state index contributed by atoms with van der Waals surface area (Å²) in [5.74, 6) is 0.00981. The molecule has 0 saturated heterocycles. The highest BCUT2D eigenvalue weighted by atomic mass is 35.5. The molecule has 0 saturated carbocycles. The van der Waals surface area contributed by atoms with E-state index >= 15 is 0 Å². The third-order valence-electron chi connectivity index (χ3n) is 4.04. The Morgan fingerprint density at radius 1 is 1.00 bits per heavy atom. The smallest absolute Gasteiger partial charge is 0.262 e. The first-order chi connectivity index (χ1) is 13.8. The predicted molar refractivity (Wildman–Crippen MR) is 112 cm³/mol. The van der Waals surface area contributed by atoms with E-state index in [0.29, 0.717) is 27.7 Å². The van der Waals surface area contributed by atoms with E-state index < -0.39 is 10.0 Å². The molecule has 0 unspecified atom stereocenters. The summed E-state index contributed by atoms with van der Waals surface area (Å²) in [6.45, 7) is 0. The second-order valence-corrected chi connectivity index (χ2v) is 8.24. The van der Waals surface area contributed by atoms with Crippen LogP contribution in [0.3, 0.4) is 0 Å². The van der Waals surface area contributed by atoms with Gasteiger partial charge < -0.3 is 15.8 Å². The summed E-state index contributed by atoms with van der Waals surface area (Å²) in [6, 6.07) is 17.2. The molecule has 3 rings (SSSR count). The van der Waals surface area contributed by atoms with E-state index in [2.05, 4.69) is 15.8 Å². The summed E-state index contributed by atoms with van der Waals surface area (Å²) in [5.41, 5.74) is 5.60. The number of quaternary nitrogens is 1. The van der Waals surface area contributed by atoms with Gasteiger partial charge in [0.25, 0.3) is 15.9 Å². The maximum Gasteiger partial charge on any atom is 0.262 e. The lowest BCUT2D eigenvalue weighted by atomic mass is 10.2. The maximum atomic E-state index is 12.7. The van der Waals surface area contributed by atoms with Crippen molar-refractivity contribution in [2.45, 2.75) is 4.90 Å². The minimum Gasteiger partial charge on any atom is -0.495 e. The van der Waals surface area contributed by atoms with Crippen molar-refractivity contribution in [1.82, 2.24) is 0 Å². The third kappa shape index (κ3) is 5.05. The van der Waals surface area contributed by atoms with Crippen LogP contribution in [-0.2, 0) is 10.0 Å². The Morgan fingerprint density at radius 2 is 1.66 bits per heavy atom. The molecule has 0 fully saturated rings. The molecule has 1 amide bonds. The van der Waals surface area contributed by atoms with Crippen LogP contribution in [0.5, 0.6) is 5.75 Å². The van der Waals surface area contributed by atoms with Gasteiger partial charge in [0.2, 0.25) is 0 Å². The van der Waals surface area contributed by atoms with Crippen molar-refractivity contribution in [2.75, 3.05) is 17.1 Å². The molecular formula is C20H19ClN3O4S+. The van der Waals surface area contributed by atoms with Crippen LogP contribution in [0, 0.1) is 0 Å². The second kappa shape index (κ2) is 8.52. The van der Waals surface area contributed by atoms with Crippen molar-refractivity contribution in [3.8, 4) is 5.75 Å². The molecular weight excluding hydrogens is 414 g/mol. The largest absolute Gasteiger partial charge is 0.495 e. The quantitative estimate of drug-likeness (QED) is 0.554. The van der Waals surface area contributed by atoms with Crippen molar-refractivity contribution in [2.24, 2.45) is 0 Å². The Labute approximate surface area is 173 Å². The lowest BCUT2D eigenvalue weighted by Crippen LogP contribution is -2.40. The molecule has 7 nitrogen and oxygen atoms in total. The maximum absolute atomic E-state index is 12.7. The third-order valence-corrected chi connectivity index (χ3v) is 5.67. The molecule has 5 N–H and O–H groups in total. The van der Waals surface area contributed by atoms with E-state index in [1.54, 1.807) is 42.5 Å². The molecule has 0 aliphatic rings. The fourth-order valence-electron chi connectivity index (χ4n) is 2.56. The molecule has 0 radical (unpaired) electrons. The predicted octanol–water partition coefficient (Wildman–Crippen LogP) is 3.28. The van der Waals surface area contributed by atoms with Crippen molar-refractivity contribution >= 4 is 44.6 Å². The molecule has 0 heterocycles. The topological polar surface area (TPSA) is 112 Å². The number of nitrogens with one attached hydrogen (secondary N) is 2. The van der Waals surface area contributed by atoms with Crippen LogP contribution in [0.15, 0.2) is 71.6 Å². The van der Waals surface area contributed by atoms with Crippen LogP contribution in [-0.4, -0.2) is 21.4 Å². The molecule has 3 aromatic carbocycles. The number of carbonyl (C=O) groups is 1. The highest BCUT2D eigenvalue weighted by Crippen LogP contribution is 2.28.